The number of carbonyl (C=O) groups is 4. The molecule has 12 heteroatoms. The first-order chi connectivity index (χ1) is 15.7. The van der Waals surface area contributed by atoms with Gasteiger partial charge in [0.1, 0.15) is 5.82 Å². The molecule has 2 aromatic carbocycles. The van der Waals surface area contributed by atoms with Gasteiger partial charge in [-0.15, -0.1) is 0 Å². The first-order valence-corrected chi connectivity index (χ1v) is 10.6. The molecule has 2 heterocycles. The van der Waals surface area contributed by atoms with E-state index in [0.29, 0.717) is 12.1 Å². The molecule has 0 aliphatic carbocycles. The molecule has 0 spiro atoms. The topological polar surface area (TPSA) is 110 Å². The lowest BCUT2D eigenvalue weighted by Gasteiger charge is -2.37. The van der Waals surface area contributed by atoms with Gasteiger partial charge in [0.2, 0.25) is 5.91 Å². The lowest BCUT2D eigenvalue weighted by atomic mass is 10.0. The molecule has 0 radical (unpaired) electrons. The molecular weight excluding hydrogens is 478 g/mol. The van der Waals surface area contributed by atoms with Crippen molar-refractivity contribution < 1.29 is 28.7 Å². The molecule has 5 amide bonds. The fourth-order valence-electron chi connectivity index (χ4n) is 3.74. The summed E-state index contributed by atoms with van der Waals surface area (Å²) in [5.41, 5.74) is 0.409. The quantitative estimate of drug-likeness (QED) is 0.619. The van der Waals surface area contributed by atoms with Gasteiger partial charge in [-0.3, -0.25) is 24.3 Å². The molecule has 0 saturated carbocycles. The summed E-state index contributed by atoms with van der Waals surface area (Å²) in [4.78, 5) is 52.5. The number of nitrogens with one attached hydrogen (secondary N) is 1. The van der Waals surface area contributed by atoms with Crippen molar-refractivity contribution in [3.05, 3.63) is 57.8 Å². The number of carboxylic acids is 1. The third-order valence-electron chi connectivity index (χ3n) is 5.44. The second-order valence-electron chi connectivity index (χ2n) is 7.44. The number of rotatable bonds is 5. The first kappa shape index (κ1) is 22.8. The summed E-state index contributed by atoms with van der Waals surface area (Å²) in [6.07, 6.45) is 0. The first-order valence-electron chi connectivity index (χ1n) is 9.82. The third-order valence-corrected chi connectivity index (χ3v) is 6.30. The zero-order chi connectivity index (χ0) is 23.9. The summed E-state index contributed by atoms with van der Waals surface area (Å²) >= 11 is 12.2. The Morgan fingerprint density at radius 3 is 2.55 bits per heavy atom. The van der Waals surface area contributed by atoms with Gasteiger partial charge in [0, 0.05) is 25.3 Å². The predicted octanol–water partition coefficient (Wildman–Crippen LogP) is 3.33. The van der Waals surface area contributed by atoms with Crippen LogP contribution in [0.1, 0.15) is 5.56 Å². The summed E-state index contributed by atoms with van der Waals surface area (Å²) in [6, 6.07) is 7.13. The average molecular weight is 495 g/mol. The Kier molecular flexibility index (Phi) is 6.13. The van der Waals surface area contributed by atoms with Crippen LogP contribution in [0.25, 0.3) is 0 Å². The number of imide groups is 1. The monoisotopic (exact) mass is 494 g/mol. The maximum Gasteiger partial charge on any atom is 0.331 e. The summed E-state index contributed by atoms with van der Waals surface area (Å²) in [5, 5.41) is 12.5. The largest absolute Gasteiger partial charge is 0.481 e. The van der Waals surface area contributed by atoms with Crippen molar-refractivity contribution in [2.75, 3.05) is 29.4 Å². The van der Waals surface area contributed by atoms with Crippen molar-refractivity contribution >= 4 is 58.5 Å². The Bertz CT molecular complexity index is 1180. The molecule has 172 valence electrons. The second-order valence-corrected chi connectivity index (χ2v) is 8.23. The van der Waals surface area contributed by atoms with Gasteiger partial charge in [-0.2, -0.15) is 0 Å². The van der Waals surface area contributed by atoms with Crippen LogP contribution in [0.5, 0.6) is 0 Å². The Morgan fingerprint density at radius 1 is 1.15 bits per heavy atom. The van der Waals surface area contributed by atoms with Gasteiger partial charge in [-0.1, -0.05) is 35.3 Å². The van der Waals surface area contributed by atoms with Crippen LogP contribution in [0.2, 0.25) is 10.0 Å². The third kappa shape index (κ3) is 4.19. The Balaban J connectivity index is 1.67. The molecule has 4 rings (SSSR count). The molecule has 2 aromatic rings. The van der Waals surface area contributed by atoms with E-state index in [1.807, 2.05) is 0 Å². The van der Waals surface area contributed by atoms with Crippen LogP contribution in [0.15, 0.2) is 36.4 Å². The minimum atomic E-state index is -1.56. The van der Waals surface area contributed by atoms with E-state index in [-0.39, 0.29) is 34.5 Å². The van der Waals surface area contributed by atoms with Crippen LogP contribution in [-0.2, 0) is 16.1 Å². The summed E-state index contributed by atoms with van der Waals surface area (Å²) in [5.74, 6) is -4.67. The van der Waals surface area contributed by atoms with E-state index in [1.165, 1.54) is 23.1 Å². The van der Waals surface area contributed by atoms with E-state index in [4.69, 9.17) is 23.2 Å². The number of carbonyl (C=O) groups excluding carboxylic acids is 3. The molecule has 0 bridgehead atoms. The van der Waals surface area contributed by atoms with E-state index in [9.17, 15) is 28.7 Å². The molecule has 2 fully saturated rings. The van der Waals surface area contributed by atoms with Gasteiger partial charge in [0.15, 0.2) is 5.92 Å². The minimum Gasteiger partial charge on any atom is -0.481 e. The average Bonchev–Trinajstić information content (AvgIpc) is 3.19. The zero-order valence-corrected chi connectivity index (χ0v) is 18.4. The number of halogens is 3. The molecular formula is C21H17Cl2FN4O5. The van der Waals surface area contributed by atoms with Crippen LogP contribution < -0.4 is 15.1 Å². The van der Waals surface area contributed by atoms with Gasteiger partial charge < -0.3 is 10.4 Å². The van der Waals surface area contributed by atoms with Crippen LogP contribution in [-0.4, -0.2) is 53.6 Å². The van der Waals surface area contributed by atoms with Crippen LogP contribution in [0.4, 0.5) is 25.4 Å². The van der Waals surface area contributed by atoms with Gasteiger partial charge in [-0.25, -0.2) is 14.0 Å². The highest BCUT2D eigenvalue weighted by Crippen LogP contribution is 2.32. The number of aliphatic carboxylic acids is 1. The number of anilines is 2. The van der Waals surface area contributed by atoms with Crippen molar-refractivity contribution in [1.29, 1.82) is 0 Å². The van der Waals surface area contributed by atoms with Gasteiger partial charge in [0.25, 0.3) is 0 Å². The Morgan fingerprint density at radius 2 is 1.91 bits per heavy atom. The highest BCUT2D eigenvalue weighted by atomic mass is 35.5. The van der Waals surface area contributed by atoms with Crippen LogP contribution in [0.3, 0.4) is 0 Å². The highest BCUT2D eigenvalue weighted by Gasteiger charge is 2.44. The predicted molar refractivity (Wildman–Crippen MR) is 118 cm³/mol. The number of urea groups is 2. The van der Waals surface area contributed by atoms with Crippen molar-refractivity contribution in [3.8, 4) is 0 Å². The molecule has 2 saturated heterocycles. The maximum absolute atomic E-state index is 14.8. The van der Waals surface area contributed by atoms with E-state index in [2.05, 4.69) is 5.32 Å². The normalized spacial score (nSPS) is 18.7. The summed E-state index contributed by atoms with van der Waals surface area (Å²) in [6.45, 7) is -0.142. The molecule has 33 heavy (non-hydrogen) atoms. The van der Waals surface area contributed by atoms with E-state index in [0.717, 1.165) is 15.9 Å². The molecule has 0 aromatic heterocycles. The standard InChI is InChI=1S/C21H17Cl2FN4O5/c22-14-3-1-2-11(17(14)23)9-28-18(29)13(19(30)31)10-27(21(28)33)12-4-5-16(15(24)8-12)26-7-6-25-20(26)32/h1-5,8,13H,6-7,9-10H2,(H,25,32)(H,30,31). The maximum atomic E-state index is 14.8. The second kappa shape index (κ2) is 8.87. The molecule has 2 aliphatic heterocycles. The van der Waals surface area contributed by atoms with Crippen LogP contribution >= 0.6 is 23.2 Å². The van der Waals surface area contributed by atoms with Gasteiger partial charge in [0.05, 0.1) is 22.3 Å². The summed E-state index contributed by atoms with van der Waals surface area (Å²) in [7, 11) is 0. The Hall–Kier alpha value is -3.37. The molecule has 9 nitrogen and oxygen atoms in total. The molecule has 2 N–H and O–H groups in total. The number of benzene rings is 2. The summed E-state index contributed by atoms with van der Waals surface area (Å²) < 4.78 is 14.8. The molecule has 1 unspecified atom stereocenters. The zero-order valence-electron chi connectivity index (χ0n) is 16.9. The van der Waals surface area contributed by atoms with E-state index in [1.54, 1.807) is 12.1 Å². The number of hydrogen-bond acceptors (Lipinski definition) is 4. The van der Waals surface area contributed by atoms with Crippen molar-refractivity contribution in [1.82, 2.24) is 10.2 Å². The SMILES string of the molecule is O=C(O)C1CN(c2ccc(N3CCNC3=O)c(F)c2)C(=O)N(Cc2cccc(Cl)c2Cl)C1=O. The van der Waals surface area contributed by atoms with E-state index >= 15 is 0 Å². The fraction of sp³-hybridized carbons (Fsp3) is 0.238. The smallest absolute Gasteiger partial charge is 0.331 e. The lowest BCUT2D eigenvalue weighted by Crippen LogP contribution is -2.58. The lowest BCUT2D eigenvalue weighted by molar-refractivity contribution is -0.150. The Labute approximate surface area is 197 Å². The van der Waals surface area contributed by atoms with Crippen LogP contribution in [0, 0.1) is 11.7 Å². The molecule has 1 atom stereocenters. The van der Waals surface area contributed by atoms with Crippen molar-refractivity contribution in [3.63, 3.8) is 0 Å². The number of carboxylic acid groups (broad SMARTS) is 1. The minimum absolute atomic E-state index is 0.0200. The van der Waals surface area contributed by atoms with Crippen molar-refractivity contribution in [2.24, 2.45) is 5.92 Å². The fourth-order valence-corrected chi connectivity index (χ4v) is 4.12. The van der Waals surface area contributed by atoms with Gasteiger partial charge >= 0.3 is 18.0 Å². The number of amides is 5. The highest BCUT2D eigenvalue weighted by molar-refractivity contribution is 6.42. The molecule has 2 aliphatic rings. The van der Waals surface area contributed by atoms with Gasteiger partial charge in [-0.05, 0) is 29.8 Å². The number of hydrogen-bond donors (Lipinski definition) is 2. The van der Waals surface area contributed by atoms with E-state index < -0.39 is 42.2 Å². The van der Waals surface area contributed by atoms with Crippen molar-refractivity contribution in [2.45, 2.75) is 6.54 Å². The number of nitrogens with zero attached hydrogens (tertiary/aromatic N) is 3.